The van der Waals surface area contributed by atoms with Crippen molar-refractivity contribution >= 4 is 32.9 Å². The summed E-state index contributed by atoms with van der Waals surface area (Å²) in [4.78, 5) is 3.92. The number of nitrogens with zero attached hydrogens (tertiary/aromatic N) is 1. The van der Waals surface area contributed by atoms with Crippen molar-refractivity contribution in [1.29, 1.82) is 0 Å². The minimum Gasteiger partial charge on any atom is -0.478 e. The molecule has 0 bridgehead atoms. The maximum atomic E-state index is 12.0. The molecule has 0 aromatic carbocycles. The Bertz CT molecular complexity index is 529. The standard InChI is InChI=1S/C11H17N3O3S2/c1-3-9(11(12)18)19(15,16)14-8-5-6-10(13-7-8)17-4-2/h5-7,9,14H,3-4H2,1-2H3,(H2,12,18). The zero-order chi connectivity index (χ0) is 14.5. The predicted octanol–water partition coefficient (Wildman–Crippen LogP) is 1.29. The normalized spacial score (nSPS) is 12.7. The van der Waals surface area contributed by atoms with Crippen LogP contribution in [0.15, 0.2) is 18.3 Å². The van der Waals surface area contributed by atoms with Gasteiger partial charge in [-0.1, -0.05) is 19.1 Å². The first kappa shape index (κ1) is 15.6. The highest BCUT2D eigenvalue weighted by Crippen LogP contribution is 2.16. The lowest BCUT2D eigenvalue weighted by molar-refractivity contribution is 0.327. The van der Waals surface area contributed by atoms with E-state index < -0.39 is 15.3 Å². The number of ether oxygens (including phenoxy) is 1. The van der Waals surface area contributed by atoms with E-state index in [1.54, 1.807) is 19.1 Å². The zero-order valence-corrected chi connectivity index (χ0v) is 12.4. The van der Waals surface area contributed by atoms with Gasteiger partial charge in [0.15, 0.2) is 0 Å². The van der Waals surface area contributed by atoms with Crippen molar-refractivity contribution in [3.8, 4) is 5.88 Å². The molecule has 0 saturated heterocycles. The number of hydrogen-bond acceptors (Lipinski definition) is 5. The van der Waals surface area contributed by atoms with Gasteiger partial charge in [0.05, 0.1) is 23.5 Å². The van der Waals surface area contributed by atoms with Gasteiger partial charge in [-0.15, -0.1) is 0 Å². The van der Waals surface area contributed by atoms with Gasteiger partial charge in [0.1, 0.15) is 5.25 Å². The molecule has 1 unspecified atom stereocenters. The molecule has 1 rings (SSSR count). The van der Waals surface area contributed by atoms with Gasteiger partial charge >= 0.3 is 0 Å². The van der Waals surface area contributed by atoms with E-state index in [1.165, 1.54) is 6.20 Å². The fraction of sp³-hybridized carbons (Fsp3) is 0.455. The summed E-state index contributed by atoms with van der Waals surface area (Å²) in [5.41, 5.74) is 5.77. The number of aromatic nitrogens is 1. The second-order valence-electron chi connectivity index (χ2n) is 3.76. The van der Waals surface area contributed by atoms with Crippen molar-refractivity contribution in [3.05, 3.63) is 18.3 Å². The Balaban J connectivity index is 2.86. The van der Waals surface area contributed by atoms with E-state index in [9.17, 15) is 8.42 Å². The third-order valence-corrected chi connectivity index (χ3v) is 4.64. The van der Waals surface area contributed by atoms with E-state index >= 15 is 0 Å². The van der Waals surface area contributed by atoms with Crippen LogP contribution in [0.1, 0.15) is 20.3 Å². The molecule has 1 aromatic heterocycles. The molecule has 1 atom stereocenters. The first-order valence-corrected chi connectivity index (χ1v) is 7.76. The van der Waals surface area contributed by atoms with Crippen molar-refractivity contribution < 1.29 is 13.2 Å². The van der Waals surface area contributed by atoms with Crippen LogP contribution in [0.25, 0.3) is 0 Å². The van der Waals surface area contributed by atoms with Gasteiger partial charge in [0.2, 0.25) is 15.9 Å². The number of hydrogen-bond donors (Lipinski definition) is 2. The van der Waals surface area contributed by atoms with E-state index in [0.717, 1.165) is 0 Å². The van der Waals surface area contributed by atoms with Crippen molar-refractivity contribution in [1.82, 2.24) is 4.98 Å². The average Bonchev–Trinajstić information content (AvgIpc) is 2.31. The van der Waals surface area contributed by atoms with Gasteiger partial charge in [-0.2, -0.15) is 0 Å². The lowest BCUT2D eigenvalue weighted by Gasteiger charge is -2.15. The van der Waals surface area contributed by atoms with Crippen LogP contribution in [-0.4, -0.2) is 30.2 Å². The molecule has 0 amide bonds. The first-order chi connectivity index (χ1) is 8.90. The summed E-state index contributed by atoms with van der Waals surface area (Å²) < 4.78 is 31.7. The lowest BCUT2D eigenvalue weighted by atomic mass is 10.3. The van der Waals surface area contributed by atoms with Crippen LogP contribution in [0.2, 0.25) is 0 Å². The first-order valence-electron chi connectivity index (χ1n) is 5.80. The van der Waals surface area contributed by atoms with Crippen molar-refractivity contribution in [3.63, 3.8) is 0 Å². The summed E-state index contributed by atoms with van der Waals surface area (Å²) in [6.45, 7) is 4.04. The Morgan fingerprint density at radius 1 is 1.53 bits per heavy atom. The van der Waals surface area contributed by atoms with E-state index in [4.69, 9.17) is 22.7 Å². The molecule has 0 aliphatic rings. The van der Waals surface area contributed by atoms with Crippen LogP contribution in [0.3, 0.4) is 0 Å². The van der Waals surface area contributed by atoms with Gasteiger partial charge in [-0.3, -0.25) is 4.72 Å². The summed E-state index contributed by atoms with van der Waals surface area (Å²) in [6, 6.07) is 3.16. The SMILES string of the molecule is CCOc1ccc(NS(=O)(=O)C(CC)C(N)=S)cn1. The molecule has 0 aliphatic heterocycles. The van der Waals surface area contributed by atoms with Gasteiger partial charge in [0.25, 0.3) is 0 Å². The van der Waals surface area contributed by atoms with Crippen LogP contribution in [0.4, 0.5) is 5.69 Å². The molecule has 8 heteroatoms. The minimum atomic E-state index is -3.65. The Hall–Kier alpha value is -1.41. The molecular weight excluding hydrogens is 286 g/mol. The molecule has 19 heavy (non-hydrogen) atoms. The summed E-state index contributed by atoms with van der Waals surface area (Å²) in [6.07, 6.45) is 1.70. The molecule has 0 radical (unpaired) electrons. The third-order valence-electron chi connectivity index (χ3n) is 2.35. The Morgan fingerprint density at radius 3 is 2.63 bits per heavy atom. The van der Waals surface area contributed by atoms with Crippen molar-refractivity contribution in [2.75, 3.05) is 11.3 Å². The summed E-state index contributed by atoms with van der Waals surface area (Å²) >= 11 is 4.76. The summed E-state index contributed by atoms with van der Waals surface area (Å²) in [5, 5.41) is -0.894. The smallest absolute Gasteiger partial charge is 0.242 e. The van der Waals surface area contributed by atoms with E-state index in [0.29, 0.717) is 24.6 Å². The van der Waals surface area contributed by atoms with E-state index in [-0.39, 0.29) is 4.99 Å². The van der Waals surface area contributed by atoms with Crippen LogP contribution >= 0.6 is 12.2 Å². The number of nitrogens with two attached hydrogens (primary N) is 1. The molecule has 1 heterocycles. The number of rotatable bonds is 7. The van der Waals surface area contributed by atoms with E-state index in [2.05, 4.69) is 9.71 Å². The second-order valence-corrected chi connectivity index (χ2v) is 6.10. The molecule has 0 fully saturated rings. The maximum absolute atomic E-state index is 12.0. The summed E-state index contributed by atoms with van der Waals surface area (Å²) in [5.74, 6) is 0.437. The molecule has 106 valence electrons. The van der Waals surface area contributed by atoms with Gasteiger partial charge in [0, 0.05) is 6.07 Å². The molecule has 0 spiro atoms. The Kier molecular flexibility index (Phi) is 5.49. The maximum Gasteiger partial charge on any atom is 0.242 e. The molecule has 6 nitrogen and oxygen atoms in total. The van der Waals surface area contributed by atoms with E-state index in [1.807, 2.05) is 6.92 Å². The van der Waals surface area contributed by atoms with Gasteiger partial charge in [-0.25, -0.2) is 13.4 Å². The molecule has 0 saturated carbocycles. The number of pyridine rings is 1. The predicted molar refractivity (Wildman–Crippen MR) is 78.8 cm³/mol. The highest BCUT2D eigenvalue weighted by molar-refractivity contribution is 7.95. The molecule has 0 aliphatic carbocycles. The largest absolute Gasteiger partial charge is 0.478 e. The number of anilines is 1. The topological polar surface area (TPSA) is 94.3 Å². The lowest BCUT2D eigenvalue weighted by Crippen LogP contribution is -2.37. The minimum absolute atomic E-state index is 0.0473. The summed E-state index contributed by atoms with van der Waals surface area (Å²) in [7, 11) is -3.65. The Morgan fingerprint density at radius 2 is 2.21 bits per heavy atom. The van der Waals surface area contributed by atoms with Crippen molar-refractivity contribution in [2.24, 2.45) is 5.73 Å². The van der Waals surface area contributed by atoms with Crippen LogP contribution in [-0.2, 0) is 10.0 Å². The fourth-order valence-corrected chi connectivity index (χ4v) is 3.37. The monoisotopic (exact) mass is 303 g/mol. The average molecular weight is 303 g/mol. The zero-order valence-electron chi connectivity index (χ0n) is 10.8. The number of thiocarbonyl (C=S) groups is 1. The highest BCUT2D eigenvalue weighted by Gasteiger charge is 2.26. The Labute approximate surface area is 118 Å². The quantitative estimate of drug-likeness (QED) is 0.737. The molecule has 1 aromatic rings. The van der Waals surface area contributed by atoms with Crippen molar-refractivity contribution in [2.45, 2.75) is 25.5 Å². The van der Waals surface area contributed by atoms with Crippen LogP contribution in [0, 0.1) is 0 Å². The molecule has 3 N–H and O–H groups in total. The number of nitrogens with one attached hydrogen (secondary N) is 1. The van der Waals surface area contributed by atoms with Crippen LogP contribution in [0.5, 0.6) is 5.88 Å². The van der Waals surface area contributed by atoms with Gasteiger partial charge in [-0.05, 0) is 19.4 Å². The third kappa shape index (κ3) is 4.32. The second kappa shape index (κ2) is 6.67. The highest BCUT2D eigenvalue weighted by atomic mass is 32.2. The van der Waals surface area contributed by atoms with Gasteiger partial charge < -0.3 is 10.5 Å². The number of sulfonamides is 1. The van der Waals surface area contributed by atoms with Crippen LogP contribution < -0.4 is 15.2 Å². The fourth-order valence-electron chi connectivity index (χ4n) is 1.48. The molecular formula is C11H17N3O3S2.